The fourth-order valence-electron chi connectivity index (χ4n) is 3.52. The zero-order valence-corrected chi connectivity index (χ0v) is 18.9. The van der Waals surface area contributed by atoms with E-state index in [0.717, 1.165) is 33.4 Å². The summed E-state index contributed by atoms with van der Waals surface area (Å²) in [6.07, 6.45) is 3.88. The van der Waals surface area contributed by atoms with Gasteiger partial charge in [-0.2, -0.15) is 0 Å². The molecule has 0 radical (unpaired) electrons. The molecule has 3 aromatic carbocycles. The van der Waals surface area contributed by atoms with E-state index in [1.165, 1.54) is 0 Å². The Kier molecular flexibility index (Phi) is 8.70. The molecule has 32 heavy (non-hydrogen) atoms. The summed E-state index contributed by atoms with van der Waals surface area (Å²) in [5, 5.41) is 2.30. The third kappa shape index (κ3) is 6.11. The monoisotopic (exact) mass is 434 g/mol. The number of hydrogen-bond acceptors (Lipinski definition) is 5. The molecule has 3 aromatic rings. The number of carbonyl (C=O) groups excluding carboxylic acids is 1. The molecule has 168 valence electrons. The van der Waals surface area contributed by atoms with Crippen LogP contribution in [-0.2, 0) is 20.7 Å². The number of carbonyl (C=O) groups is 1. The minimum absolute atomic E-state index is 0.330. The topological polar surface area (TPSA) is 54.0 Å². The average Bonchev–Trinajstić information content (AvgIpc) is 2.82. The number of esters is 1. The van der Waals surface area contributed by atoms with E-state index in [-0.39, 0.29) is 5.97 Å². The van der Waals surface area contributed by atoms with Gasteiger partial charge in [-0.15, -0.1) is 0 Å². The van der Waals surface area contributed by atoms with Gasteiger partial charge in [0.15, 0.2) is 6.10 Å². The SMILES string of the molecule is CCOC(=O)C(Cc1ccc(OC/C=C/c2c(OC)ccc3ccccc23)cc1)OCC. The van der Waals surface area contributed by atoms with Crippen LogP contribution in [0.1, 0.15) is 25.0 Å². The van der Waals surface area contributed by atoms with Crippen LogP contribution in [-0.4, -0.2) is 39.0 Å². The second-order valence-corrected chi connectivity index (χ2v) is 7.16. The van der Waals surface area contributed by atoms with Crippen molar-refractivity contribution in [1.82, 2.24) is 0 Å². The van der Waals surface area contributed by atoms with E-state index >= 15 is 0 Å². The fourth-order valence-corrected chi connectivity index (χ4v) is 3.52. The minimum Gasteiger partial charge on any atom is -0.496 e. The van der Waals surface area contributed by atoms with Gasteiger partial charge in [-0.25, -0.2) is 4.79 Å². The highest BCUT2D eigenvalue weighted by molar-refractivity contribution is 5.93. The summed E-state index contributed by atoms with van der Waals surface area (Å²) in [6.45, 7) is 4.88. The quantitative estimate of drug-likeness (QED) is 0.376. The second-order valence-electron chi connectivity index (χ2n) is 7.16. The van der Waals surface area contributed by atoms with Crippen LogP contribution in [0, 0.1) is 0 Å². The molecular weight excluding hydrogens is 404 g/mol. The Morgan fingerprint density at radius 3 is 2.47 bits per heavy atom. The first kappa shape index (κ1) is 23.4. The highest BCUT2D eigenvalue weighted by atomic mass is 16.6. The molecule has 0 aliphatic carbocycles. The maximum absolute atomic E-state index is 12.0. The van der Waals surface area contributed by atoms with Crippen molar-refractivity contribution in [3.63, 3.8) is 0 Å². The molecule has 0 saturated carbocycles. The Hall–Kier alpha value is -3.31. The van der Waals surface area contributed by atoms with Crippen molar-refractivity contribution in [3.05, 3.63) is 77.9 Å². The van der Waals surface area contributed by atoms with E-state index in [9.17, 15) is 4.79 Å². The normalized spacial score (nSPS) is 12.1. The van der Waals surface area contributed by atoms with Gasteiger partial charge >= 0.3 is 5.97 Å². The van der Waals surface area contributed by atoms with Crippen LogP contribution in [0.3, 0.4) is 0 Å². The standard InChI is InChI=1S/C27H30O5/c1-4-30-26(27(28)31-5-2)19-20-12-15-22(16-13-20)32-18-8-11-24-23-10-7-6-9-21(23)14-17-25(24)29-3/h6-17,26H,4-5,18-19H2,1-3H3/b11-8+. The number of fused-ring (bicyclic) bond motifs is 1. The largest absolute Gasteiger partial charge is 0.496 e. The van der Waals surface area contributed by atoms with Crippen molar-refractivity contribution in [2.24, 2.45) is 0 Å². The van der Waals surface area contributed by atoms with Crippen molar-refractivity contribution in [2.45, 2.75) is 26.4 Å². The molecule has 0 saturated heterocycles. The molecule has 1 unspecified atom stereocenters. The van der Waals surface area contributed by atoms with Gasteiger partial charge in [-0.1, -0.05) is 48.5 Å². The highest BCUT2D eigenvalue weighted by Gasteiger charge is 2.20. The number of ether oxygens (including phenoxy) is 4. The Bertz CT molecular complexity index is 1040. The van der Waals surface area contributed by atoms with Gasteiger partial charge in [0.25, 0.3) is 0 Å². The van der Waals surface area contributed by atoms with Crippen molar-refractivity contribution in [3.8, 4) is 11.5 Å². The molecule has 3 rings (SSSR count). The van der Waals surface area contributed by atoms with Crippen molar-refractivity contribution in [1.29, 1.82) is 0 Å². The van der Waals surface area contributed by atoms with E-state index in [4.69, 9.17) is 18.9 Å². The molecular formula is C27H30O5. The summed E-state index contributed by atoms with van der Waals surface area (Å²) >= 11 is 0. The molecule has 0 aromatic heterocycles. The molecule has 1 atom stereocenters. The van der Waals surface area contributed by atoms with Crippen LogP contribution in [0.25, 0.3) is 16.8 Å². The molecule has 5 nitrogen and oxygen atoms in total. The van der Waals surface area contributed by atoms with Crippen LogP contribution in [0.4, 0.5) is 0 Å². The van der Waals surface area contributed by atoms with Gasteiger partial charge in [-0.3, -0.25) is 0 Å². The third-order valence-electron chi connectivity index (χ3n) is 5.04. The lowest BCUT2D eigenvalue weighted by atomic mass is 10.0. The Labute approximate surface area is 189 Å². The first-order chi connectivity index (χ1) is 15.7. The van der Waals surface area contributed by atoms with E-state index in [1.54, 1.807) is 14.0 Å². The lowest BCUT2D eigenvalue weighted by Gasteiger charge is -2.15. The number of hydrogen-bond donors (Lipinski definition) is 0. The predicted molar refractivity (Wildman–Crippen MR) is 127 cm³/mol. The van der Waals surface area contributed by atoms with Gasteiger partial charge in [0.1, 0.15) is 18.1 Å². The molecule has 5 heteroatoms. The highest BCUT2D eigenvalue weighted by Crippen LogP contribution is 2.29. The van der Waals surface area contributed by atoms with Gasteiger partial charge < -0.3 is 18.9 Å². The summed E-state index contributed by atoms with van der Waals surface area (Å²) in [5.41, 5.74) is 2.02. The average molecular weight is 435 g/mol. The van der Waals surface area contributed by atoms with Crippen LogP contribution in [0.2, 0.25) is 0 Å². The van der Waals surface area contributed by atoms with Gasteiger partial charge in [-0.05, 0) is 54.5 Å². The summed E-state index contributed by atoms with van der Waals surface area (Å²) in [4.78, 5) is 12.0. The molecule has 0 amide bonds. The van der Waals surface area contributed by atoms with Crippen LogP contribution in [0.5, 0.6) is 11.5 Å². The Morgan fingerprint density at radius 1 is 0.969 bits per heavy atom. The van der Waals surface area contributed by atoms with Crippen LogP contribution < -0.4 is 9.47 Å². The number of methoxy groups -OCH3 is 1. The predicted octanol–water partition coefficient (Wildman–Crippen LogP) is 5.45. The minimum atomic E-state index is -0.592. The van der Waals surface area contributed by atoms with E-state index in [0.29, 0.717) is 26.2 Å². The number of benzene rings is 3. The van der Waals surface area contributed by atoms with Gasteiger partial charge in [0, 0.05) is 18.6 Å². The maximum Gasteiger partial charge on any atom is 0.335 e. The molecule has 0 fully saturated rings. The smallest absolute Gasteiger partial charge is 0.335 e. The molecule has 0 N–H and O–H groups in total. The van der Waals surface area contributed by atoms with E-state index in [1.807, 2.05) is 61.5 Å². The van der Waals surface area contributed by atoms with Crippen molar-refractivity contribution < 1.29 is 23.7 Å². The first-order valence-corrected chi connectivity index (χ1v) is 10.9. The van der Waals surface area contributed by atoms with E-state index in [2.05, 4.69) is 18.2 Å². The maximum atomic E-state index is 12.0. The van der Waals surface area contributed by atoms with E-state index < -0.39 is 6.10 Å². The lowest BCUT2D eigenvalue weighted by Crippen LogP contribution is -2.28. The Balaban J connectivity index is 1.61. The number of rotatable bonds is 11. The van der Waals surface area contributed by atoms with Crippen LogP contribution in [0.15, 0.2) is 66.7 Å². The zero-order chi connectivity index (χ0) is 22.8. The van der Waals surface area contributed by atoms with Gasteiger partial charge in [0.05, 0.1) is 13.7 Å². The molecule has 0 bridgehead atoms. The third-order valence-corrected chi connectivity index (χ3v) is 5.04. The Morgan fingerprint density at radius 2 is 1.75 bits per heavy atom. The second kappa shape index (κ2) is 11.9. The summed E-state index contributed by atoms with van der Waals surface area (Å²) in [7, 11) is 1.68. The lowest BCUT2D eigenvalue weighted by molar-refractivity contribution is -0.156. The van der Waals surface area contributed by atoms with Gasteiger partial charge in [0.2, 0.25) is 0 Å². The molecule has 0 aliphatic rings. The van der Waals surface area contributed by atoms with Crippen LogP contribution >= 0.6 is 0 Å². The first-order valence-electron chi connectivity index (χ1n) is 10.9. The molecule has 0 heterocycles. The fraction of sp³-hybridized carbons (Fsp3) is 0.296. The van der Waals surface area contributed by atoms with Crippen molar-refractivity contribution in [2.75, 3.05) is 26.9 Å². The summed E-state index contributed by atoms with van der Waals surface area (Å²) in [5.74, 6) is 1.26. The molecule has 0 aliphatic heterocycles. The molecule has 0 spiro atoms. The van der Waals surface area contributed by atoms with Crippen molar-refractivity contribution >= 4 is 22.8 Å². The zero-order valence-electron chi connectivity index (χ0n) is 18.9. The summed E-state index contributed by atoms with van der Waals surface area (Å²) in [6, 6.07) is 19.9. The summed E-state index contributed by atoms with van der Waals surface area (Å²) < 4.78 is 22.0.